The minimum absolute atomic E-state index is 0.0774. The van der Waals surface area contributed by atoms with Crippen LogP contribution in [0.2, 0.25) is 0 Å². The van der Waals surface area contributed by atoms with Gasteiger partial charge in [0.05, 0.1) is 31.7 Å². The number of rotatable bonds is 14. The highest BCUT2D eigenvalue weighted by atomic mass is 16.7. The predicted octanol–water partition coefficient (Wildman–Crippen LogP) is -3.80. The van der Waals surface area contributed by atoms with Crippen molar-refractivity contribution in [3.63, 3.8) is 0 Å². The minimum atomic E-state index is -1.77. The number of nitrogens with two attached hydrogens (primary N) is 1. The van der Waals surface area contributed by atoms with Gasteiger partial charge in [0.15, 0.2) is 29.8 Å². The van der Waals surface area contributed by atoms with Gasteiger partial charge in [-0.15, -0.1) is 0 Å². The number of hydrogen-bond donors (Lipinski definition) is 10. The number of fused-ring (bicyclic) bond motifs is 1. The fraction of sp³-hybridized carbons (Fsp3) is 0.742. The fourth-order valence-corrected chi connectivity index (χ4v) is 6.55. The Morgan fingerprint density at radius 1 is 1.00 bits per heavy atom. The van der Waals surface area contributed by atoms with Gasteiger partial charge in [-0.1, -0.05) is 19.4 Å². The van der Waals surface area contributed by atoms with Crippen molar-refractivity contribution >= 4 is 23.2 Å². The number of aromatic nitrogens is 4. The molecule has 1 amide bonds. The monoisotopic (exact) mass is 744 g/mol. The van der Waals surface area contributed by atoms with Crippen molar-refractivity contribution in [1.82, 2.24) is 24.4 Å². The molecule has 13 atom stereocenters. The van der Waals surface area contributed by atoms with Crippen LogP contribution in [0.4, 0.5) is 10.7 Å². The second-order valence-corrected chi connectivity index (χ2v) is 13.2. The van der Waals surface area contributed by atoms with Crippen molar-refractivity contribution in [1.29, 1.82) is 0 Å². The molecular weight excluding hydrogens is 696 g/mol. The van der Waals surface area contributed by atoms with E-state index in [1.54, 1.807) is 11.6 Å². The van der Waals surface area contributed by atoms with Gasteiger partial charge in [0.2, 0.25) is 5.95 Å². The molecule has 1 aliphatic carbocycles. The number of nitrogens with one attached hydrogen (secondary N) is 1. The number of carbonyl (C=O) groups excluding carboxylic acids is 1. The lowest BCUT2D eigenvalue weighted by Gasteiger charge is -2.45. The Balaban J connectivity index is 1.01. The summed E-state index contributed by atoms with van der Waals surface area (Å²) in [5, 5.41) is 81.6. The average molecular weight is 745 g/mol. The number of hydrogen-bond acceptors (Lipinski definition) is 18. The van der Waals surface area contributed by atoms with E-state index >= 15 is 0 Å². The molecule has 2 aliphatic heterocycles. The summed E-state index contributed by atoms with van der Waals surface area (Å²) in [5.41, 5.74) is 5.89. The zero-order valence-corrected chi connectivity index (χ0v) is 28.5. The Labute approximate surface area is 296 Å². The maximum atomic E-state index is 12.8. The van der Waals surface area contributed by atoms with E-state index in [0.717, 1.165) is 0 Å². The number of imidazole rings is 1. The van der Waals surface area contributed by atoms with E-state index in [4.69, 9.17) is 29.4 Å². The van der Waals surface area contributed by atoms with Gasteiger partial charge in [0, 0.05) is 26.6 Å². The number of aromatic amines is 1. The molecule has 0 bridgehead atoms. The van der Waals surface area contributed by atoms with E-state index in [1.165, 1.54) is 11.2 Å². The van der Waals surface area contributed by atoms with Gasteiger partial charge in [-0.05, 0) is 18.4 Å². The summed E-state index contributed by atoms with van der Waals surface area (Å²) in [6, 6.07) is -0.539. The first-order chi connectivity index (χ1) is 24.8. The Morgan fingerprint density at radius 2 is 1.67 bits per heavy atom. The van der Waals surface area contributed by atoms with E-state index in [-0.39, 0.29) is 30.1 Å². The van der Waals surface area contributed by atoms with E-state index in [0.29, 0.717) is 37.8 Å². The first-order valence-electron chi connectivity index (χ1n) is 17.0. The summed E-state index contributed by atoms with van der Waals surface area (Å²) in [5.74, 6) is -0.0903. The molecule has 3 aliphatic rings. The van der Waals surface area contributed by atoms with Crippen LogP contribution in [0.15, 0.2) is 23.3 Å². The number of aliphatic hydroxyl groups excluding tert-OH is 8. The molecule has 0 spiro atoms. The number of aliphatic hydroxyl groups is 8. The van der Waals surface area contributed by atoms with Crippen LogP contribution in [0.1, 0.15) is 38.1 Å². The SMILES string of the molecule is C=C1[C@@H](OC(=O)N(C)CCCCCCO[C@@H]2O[C@H](CO)[C@@H](O[C@@H]3O[C@H](CO)[C@H](O)[C@H](O)[C@H]3O)[C@H](O)[C@H]2O)[C@@H](O)C[C@@H]1n1cnc2c(=O)[nH]c(N)nc21. The highest BCUT2D eigenvalue weighted by molar-refractivity contribution is 5.71. The quantitative estimate of drug-likeness (QED) is 0.0655. The number of anilines is 1. The van der Waals surface area contributed by atoms with Crippen molar-refractivity contribution in [3.05, 3.63) is 28.8 Å². The van der Waals surface area contributed by atoms with Crippen molar-refractivity contribution in [2.75, 3.05) is 39.1 Å². The molecule has 1 saturated carbocycles. The van der Waals surface area contributed by atoms with Crippen LogP contribution in [-0.2, 0) is 23.7 Å². The molecule has 21 nitrogen and oxygen atoms in total. The van der Waals surface area contributed by atoms with Gasteiger partial charge in [0.25, 0.3) is 5.56 Å². The number of ether oxygens (including phenoxy) is 5. The van der Waals surface area contributed by atoms with Gasteiger partial charge >= 0.3 is 6.09 Å². The molecule has 2 aromatic rings. The molecule has 2 saturated heterocycles. The molecule has 292 valence electrons. The van der Waals surface area contributed by atoms with Crippen molar-refractivity contribution in [3.8, 4) is 0 Å². The minimum Gasteiger partial charge on any atom is -0.439 e. The van der Waals surface area contributed by atoms with Crippen LogP contribution in [0.3, 0.4) is 0 Å². The Kier molecular flexibility index (Phi) is 13.2. The topological polar surface area (TPSA) is 318 Å². The molecule has 0 radical (unpaired) electrons. The lowest BCUT2D eigenvalue weighted by Crippen LogP contribution is -2.64. The summed E-state index contributed by atoms with van der Waals surface area (Å²) in [6.45, 7) is 3.12. The summed E-state index contributed by atoms with van der Waals surface area (Å²) in [7, 11) is 1.56. The predicted molar refractivity (Wildman–Crippen MR) is 175 cm³/mol. The first-order valence-corrected chi connectivity index (χ1v) is 17.0. The van der Waals surface area contributed by atoms with Crippen molar-refractivity contribution < 1.29 is 69.3 Å². The lowest BCUT2D eigenvalue weighted by molar-refractivity contribution is -0.359. The zero-order chi connectivity index (χ0) is 37.9. The number of nitrogens with zero attached hydrogens (tertiary/aromatic N) is 4. The second kappa shape index (κ2) is 17.2. The molecule has 5 rings (SSSR count). The summed E-state index contributed by atoms with van der Waals surface area (Å²) < 4.78 is 29.2. The third kappa shape index (κ3) is 8.40. The van der Waals surface area contributed by atoms with Gasteiger partial charge in [-0.3, -0.25) is 9.78 Å². The van der Waals surface area contributed by atoms with E-state index in [9.17, 15) is 50.4 Å². The first kappa shape index (κ1) is 39.9. The van der Waals surface area contributed by atoms with Crippen LogP contribution in [0, 0.1) is 0 Å². The van der Waals surface area contributed by atoms with Crippen LogP contribution in [-0.4, -0.2) is 178 Å². The molecular formula is C31H48N6O15. The Hall–Kier alpha value is -3.32. The Morgan fingerprint density at radius 3 is 2.38 bits per heavy atom. The second-order valence-electron chi connectivity index (χ2n) is 13.2. The summed E-state index contributed by atoms with van der Waals surface area (Å²) >= 11 is 0. The standard InChI is InChI=1S/C31H48N6O15/c1-13-14(37-12-33-18-26(37)34-30(32)35-27(18)46)9-15(40)24(13)52-31(47)36(2)7-5-3-4-6-8-48-28-23(45)21(43)25(17(11-39)50-28)51-29-22(44)20(42)19(41)16(10-38)49-29/h12,14-17,19-25,28-29,38-45H,1,3-11H2,2H3,(H3,32,34,35,46)/t14-,15-,16+,17+,19-,20-,21+,22+,23+,24+,25+,28+,29-/m0/s1. The third-order valence-corrected chi connectivity index (χ3v) is 9.56. The molecule has 4 heterocycles. The largest absolute Gasteiger partial charge is 0.439 e. The number of amides is 1. The van der Waals surface area contributed by atoms with Gasteiger partial charge in [-0.25, -0.2) is 9.78 Å². The lowest BCUT2D eigenvalue weighted by atomic mass is 9.97. The molecule has 0 aromatic carbocycles. The van der Waals surface area contributed by atoms with Crippen molar-refractivity contribution in [2.45, 2.75) is 112 Å². The number of H-pyrrole nitrogens is 1. The Bertz CT molecular complexity index is 1570. The number of nitrogen functional groups attached to an aromatic ring is 1. The molecule has 3 fully saturated rings. The van der Waals surface area contributed by atoms with Crippen molar-refractivity contribution in [2.24, 2.45) is 0 Å². The van der Waals surface area contributed by atoms with Crippen LogP contribution in [0.5, 0.6) is 0 Å². The van der Waals surface area contributed by atoms with E-state index in [2.05, 4.69) is 21.5 Å². The molecule has 2 aromatic heterocycles. The number of carbonyl (C=O) groups is 1. The zero-order valence-electron chi connectivity index (χ0n) is 28.5. The molecule has 0 unspecified atom stereocenters. The van der Waals surface area contributed by atoms with Gasteiger partial charge in [0.1, 0.15) is 48.8 Å². The average Bonchev–Trinajstić information content (AvgIpc) is 3.66. The fourth-order valence-electron chi connectivity index (χ4n) is 6.55. The maximum absolute atomic E-state index is 12.8. The normalized spacial score (nSPS) is 35.2. The highest BCUT2D eigenvalue weighted by Crippen LogP contribution is 2.38. The van der Waals surface area contributed by atoms with Gasteiger partial charge in [-0.2, -0.15) is 4.98 Å². The van der Waals surface area contributed by atoms with Crippen LogP contribution in [0.25, 0.3) is 11.2 Å². The maximum Gasteiger partial charge on any atom is 0.410 e. The number of unbranched alkanes of at least 4 members (excludes halogenated alkanes) is 3. The van der Waals surface area contributed by atoms with E-state index < -0.39 is 105 Å². The summed E-state index contributed by atoms with van der Waals surface area (Å²) in [6.07, 6.45) is -13.9. The molecule has 21 heteroatoms. The van der Waals surface area contributed by atoms with Gasteiger partial charge < -0.3 is 79.7 Å². The van der Waals surface area contributed by atoms with Crippen LogP contribution >= 0.6 is 0 Å². The molecule has 52 heavy (non-hydrogen) atoms. The van der Waals surface area contributed by atoms with Crippen LogP contribution < -0.4 is 11.3 Å². The summed E-state index contributed by atoms with van der Waals surface area (Å²) in [4.78, 5) is 37.0. The highest BCUT2D eigenvalue weighted by Gasteiger charge is 2.50. The third-order valence-electron chi connectivity index (χ3n) is 9.56. The smallest absolute Gasteiger partial charge is 0.410 e. The molecule has 11 N–H and O–H groups in total. The van der Waals surface area contributed by atoms with E-state index in [1.807, 2.05) is 0 Å².